The molecule has 0 radical (unpaired) electrons. The Kier molecular flexibility index (Phi) is 7.47. The molecule has 0 saturated carbocycles. The van der Waals surface area contributed by atoms with E-state index in [0.717, 1.165) is 54.9 Å². The molecule has 3 aromatic carbocycles. The third-order valence-electron chi connectivity index (χ3n) is 7.55. The average Bonchev–Trinajstić information content (AvgIpc) is 3.36. The molecule has 36 heavy (non-hydrogen) atoms. The second kappa shape index (κ2) is 11.1. The molecule has 1 saturated heterocycles. The number of nitrogens with zero attached hydrogens (tertiary/aromatic N) is 3. The minimum absolute atomic E-state index is 0.0719. The molecule has 1 atom stereocenters. The first kappa shape index (κ1) is 24.3. The van der Waals surface area contributed by atoms with E-state index in [9.17, 15) is 4.79 Å². The summed E-state index contributed by atoms with van der Waals surface area (Å²) in [4.78, 5) is 15.9. The Morgan fingerprint density at radius 2 is 1.72 bits per heavy atom. The van der Waals surface area contributed by atoms with Gasteiger partial charge in [-0.1, -0.05) is 66.7 Å². The normalized spacial score (nSPS) is 18.8. The summed E-state index contributed by atoms with van der Waals surface area (Å²) < 4.78 is 5.42. The second-order valence-corrected chi connectivity index (χ2v) is 10.0. The van der Waals surface area contributed by atoms with Crippen molar-refractivity contribution in [3.05, 3.63) is 101 Å². The molecule has 5 heteroatoms. The quantitative estimate of drug-likeness (QED) is 0.439. The molecule has 3 aromatic rings. The number of carbonyl (C=O) groups is 1. The first-order chi connectivity index (χ1) is 17.6. The van der Waals surface area contributed by atoms with Crippen molar-refractivity contribution in [1.29, 1.82) is 0 Å². The van der Waals surface area contributed by atoms with Crippen LogP contribution in [0.4, 0.5) is 0 Å². The fraction of sp³-hybridized carbons (Fsp3) is 0.355. The monoisotopic (exact) mass is 481 g/mol. The van der Waals surface area contributed by atoms with Crippen molar-refractivity contribution in [2.45, 2.75) is 38.6 Å². The Bertz CT molecular complexity index is 1220. The predicted molar refractivity (Wildman–Crippen MR) is 144 cm³/mol. The SMILES string of the molecule is COc1cccc(C2=NN(C(=O)CN3CCC(Cc4ccccc4)CC3)[C@@H](c3ccccc3C)C2)c1. The van der Waals surface area contributed by atoms with E-state index in [0.29, 0.717) is 18.9 Å². The smallest absolute Gasteiger partial charge is 0.257 e. The zero-order valence-electron chi connectivity index (χ0n) is 21.3. The van der Waals surface area contributed by atoms with Crippen LogP contribution in [-0.4, -0.2) is 48.3 Å². The van der Waals surface area contributed by atoms with E-state index in [2.05, 4.69) is 54.3 Å². The van der Waals surface area contributed by atoms with E-state index >= 15 is 0 Å². The van der Waals surface area contributed by atoms with Gasteiger partial charge >= 0.3 is 0 Å². The zero-order valence-corrected chi connectivity index (χ0v) is 21.3. The number of hydrogen-bond acceptors (Lipinski definition) is 4. The first-order valence-electron chi connectivity index (χ1n) is 13.0. The molecular formula is C31H35N3O2. The van der Waals surface area contributed by atoms with Gasteiger partial charge in [0.1, 0.15) is 5.75 Å². The summed E-state index contributed by atoms with van der Waals surface area (Å²) in [7, 11) is 1.67. The lowest BCUT2D eigenvalue weighted by Gasteiger charge is -2.33. The van der Waals surface area contributed by atoms with Crippen LogP contribution >= 0.6 is 0 Å². The van der Waals surface area contributed by atoms with Crippen LogP contribution in [0.5, 0.6) is 5.75 Å². The molecule has 5 nitrogen and oxygen atoms in total. The summed E-state index contributed by atoms with van der Waals surface area (Å²) in [5.74, 6) is 1.55. The summed E-state index contributed by atoms with van der Waals surface area (Å²) >= 11 is 0. The van der Waals surface area contributed by atoms with Crippen molar-refractivity contribution in [2.24, 2.45) is 11.0 Å². The van der Waals surface area contributed by atoms with Crippen molar-refractivity contribution in [1.82, 2.24) is 9.91 Å². The molecule has 1 amide bonds. The number of hydrogen-bond donors (Lipinski definition) is 0. The molecule has 2 aliphatic heterocycles. The number of hydrazone groups is 1. The van der Waals surface area contributed by atoms with Crippen molar-refractivity contribution >= 4 is 11.6 Å². The van der Waals surface area contributed by atoms with Crippen LogP contribution in [0.25, 0.3) is 0 Å². The van der Waals surface area contributed by atoms with Gasteiger partial charge in [-0.25, -0.2) is 5.01 Å². The number of carbonyl (C=O) groups excluding carboxylic acids is 1. The Labute approximate surface area is 214 Å². The Morgan fingerprint density at radius 3 is 2.47 bits per heavy atom. The number of benzene rings is 3. The van der Waals surface area contributed by atoms with Crippen LogP contribution in [0.2, 0.25) is 0 Å². The highest BCUT2D eigenvalue weighted by Gasteiger charge is 2.35. The van der Waals surface area contributed by atoms with Gasteiger partial charge in [0.2, 0.25) is 0 Å². The van der Waals surface area contributed by atoms with E-state index in [1.165, 1.54) is 11.1 Å². The highest BCUT2D eigenvalue weighted by molar-refractivity contribution is 6.03. The average molecular weight is 482 g/mol. The third kappa shape index (κ3) is 5.52. The van der Waals surface area contributed by atoms with Gasteiger partial charge in [0.25, 0.3) is 5.91 Å². The van der Waals surface area contributed by atoms with E-state index in [-0.39, 0.29) is 11.9 Å². The lowest BCUT2D eigenvalue weighted by Crippen LogP contribution is -2.42. The van der Waals surface area contributed by atoms with Gasteiger partial charge in [-0.2, -0.15) is 5.10 Å². The molecule has 0 unspecified atom stereocenters. The van der Waals surface area contributed by atoms with Crippen LogP contribution < -0.4 is 4.74 Å². The van der Waals surface area contributed by atoms with Gasteiger partial charge in [-0.05, 0) is 74.0 Å². The van der Waals surface area contributed by atoms with Crippen molar-refractivity contribution < 1.29 is 9.53 Å². The Morgan fingerprint density at radius 1 is 0.972 bits per heavy atom. The zero-order chi connectivity index (χ0) is 24.9. The summed E-state index contributed by atoms with van der Waals surface area (Å²) in [5, 5.41) is 6.63. The third-order valence-corrected chi connectivity index (χ3v) is 7.55. The van der Waals surface area contributed by atoms with Crippen LogP contribution in [0.15, 0.2) is 84.0 Å². The second-order valence-electron chi connectivity index (χ2n) is 10.0. The Balaban J connectivity index is 1.29. The number of rotatable bonds is 7. The van der Waals surface area contributed by atoms with Crippen LogP contribution in [0, 0.1) is 12.8 Å². The number of piperidine rings is 1. The van der Waals surface area contributed by atoms with Crippen LogP contribution in [-0.2, 0) is 11.2 Å². The molecule has 5 rings (SSSR count). The van der Waals surface area contributed by atoms with Gasteiger partial charge in [0.15, 0.2) is 0 Å². The summed E-state index contributed by atoms with van der Waals surface area (Å²) in [5.41, 5.74) is 5.68. The number of amides is 1. The molecule has 0 bridgehead atoms. The maximum atomic E-state index is 13.6. The van der Waals surface area contributed by atoms with Crippen molar-refractivity contribution in [3.8, 4) is 5.75 Å². The largest absolute Gasteiger partial charge is 0.497 e. The first-order valence-corrected chi connectivity index (χ1v) is 13.0. The maximum absolute atomic E-state index is 13.6. The molecular weight excluding hydrogens is 446 g/mol. The summed E-state index contributed by atoms with van der Waals surface area (Å²) in [6, 6.07) is 26.9. The fourth-order valence-corrected chi connectivity index (χ4v) is 5.48. The Hall–Kier alpha value is -3.44. The molecule has 2 aliphatic rings. The van der Waals surface area contributed by atoms with Crippen molar-refractivity contribution in [3.63, 3.8) is 0 Å². The predicted octanol–water partition coefficient (Wildman–Crippen LogP) is 5.64. The number of methoxy groups -OCH3 is 1. The van der Waals surface area contributed by atoms with E-state index in [1.54, 1.807) is 12.1 Å². The lowest BCUT2D eigenvalue weighted by molar-refractivity contribution is -0.134. The molecule has 2 heterocycles. The fourth-order valence-electron chi connectivity index (χ4n) is 5.48. The van der Waals surface area contributed by atoms with Gasteiger partial charge in [0, 0.05) is 12.0 Å². The van der Waals surface area contributed by atoms with Crippen LogP contribution in [0.1, 0.15) is 47.6 Å². The highest BCUT2D eigenvalue weighted by atomic mass is 16.5. The van der Waals surface area contributed by atoms with Gasteiger partial charge in [0.05, 0.1) is 25.4 Å². The highest BCUT2D eigenvalue weighted by Crippen LogP contribution is 2.35. The topological polar surface area (TPSA) is 45.1 Å². The number of aryl methyl sites for hydroxylation is 1. The van der Waals surface area contributed by atoms with Gasteiger partial charge in [-0.15, -0.1) is 0 Å². The van der Waals surface area contributed by atoms with E-state index in [4.69, 9.17) is 9.84 Å². The lowest BCUT2D eigenvalue weighted by atomic mass is 9.90. The van der Waals surface area contributed by atoms with Gasteiger partial charge in [-0.3, -0.25) is 9.69 Å². The summed E-state index contributed by atoms with van der Waals surface area (Å²) in [6.45, 7) is 4.44. The summed E-state index contributed by atoms with van der Waals surface area (Å²) in [6.07, 6.45) is 4.07. The maximum Gasteiger partial charge on any atom is 0.257 e. The minimum atomic E-state index is -0.0875. The molecule has 186 valence electrons. The molecule has 0 N–H and O–H groups in total. The standard InChI is InChI=1S/C31H35N3O2/c1-23-9-6-7-14-28(23)30-21-29(26-12-8-13-27(20-26)36-2)32-34(30)31(35)22-33-17-15-25(16-18-33)19-24-10-4-3-5-11-24/h3-14,20,25,30H,15-19,21-22H2,1-2H3/t30-/m1/s1. The molecule has 0 spiro atoms. The van der Waals surface area contributed by atoms with E-state index in [1.807, 2.05) is 36.4 Å². The molecule has 0 aliphatic carbocycles. The van der Waals surface area contributed by atoms with Crippen LogP contribution in [0.3, 0.4) is 0 Å². The minimum Gasteiger partial charge on any atom is -0.497 e. The molecule has 1 fully saturated rings. The van der Waals surface area contributed by atoms with Crippen molar-refractivity contribution in [2.75, 3.05) is 26.7 Å². The molecule has 0 aromatic heterocycles. The number of likely N-dealkylation sites (tertiary alicyclic amines) is 1. The van der Waals surface area contributed by atoms with Gasteiger partial charge < -0.3 is 4.74 Å². The number of ether oxygens (including phenoxy) is 1. The van der Waals surface area contributed by atoms with E-state index < -0.39 is 0 Å².